The zero-order chi connectivity index (χ0) is 18.0. The highest BCUT2D eigenvalue weighted by Gasteiger charge is 2.31. The molecular formula is C19H22FNO3S. The van der Waals surface area contributed by atoms with E-state index in [-0.39, 0.29) is 11.9 Å². The number of benzene rings is 2. The molecule has 0 N–H and O–H groups in total. The number of halogens is 1. The third-order valence-electron chi connectivity index (χ3n) is 4.47. The molecule has 0 radical (unpaired) electrons. The predicted octanol–water partition coefficient (Wildman–Crippen LogP) is 3.67. The number of piperidine rings is 1. The number of hydrogen-bond acceptors (Lipinski definition) is 3. The Kier molecular flexibility index (Phi) is 5.11. The number of hydrogen-bond donors (Lipinski definition) is 0. The van der Waals surface area contributed by atoms with Crippen molar-refractivity contribution in [1.82, 2.24) is 4.31 Å². The third kappa shape index (κ3) is 4.02. The Labute approximate surface area is 148 Å². The summed E-state index contributed by atoms with van der Waals surface area (Å²) in [6.07, 6.45) is 1.17. The number of nitrogens with zero attached hydrogens (tertiary/aromatic N) is 1. The van der Waals surface area contributed by atoms with Crippen molar-refractivity contribution in [3.63, 3.8) is 0 Å². The van der Waals surface area contributed by atoms with Crippen LogP contribution in [0.2, 0.25) is 0 Å². The summed E-state index contributed by atoms with van der Waals surface area (Å²) >= 11 is 0. The summed E-state index contributed by atoms with van der Waals surface area (Å²) in [5, 5.41) is 0. The molecule has 0 aliphatic carbocycles. The zero-order valence-electron chi connectivity index (χ0n) is 14.4. The molecule has 0 amide bonds. The number of aryl methyl sites for hydroxylation is 2. The molecule has 2 aromatic carbocycles. The van der Waals surface area contributed by atoms with E-state index in [1.807, 2.05) is 26.0 Å². The maximum Gasteiger partial charge on any atom is 0.243 e. The second kappa shape index (κ2) is 7.14. The maximum atomic E-state index is 12.9. The summed E-state index contributed by atoms with van der Waals surface area (Å²) in [7, 11) is -3.48. The Bertz CT molecular complexity index is 841. The van der Waals surface area contributed by atoms with Gasteiger partial charge in [-0.15, -0.1) is 0 Å². The minimum absolute atomic E-state index is 0.0592. The Hall–Kier alpha value is -1.92. The molecule has 0 bridgehead atoms. The minimum atomic E-state index is -3.48. The molecule has 4 nitrogen and oxygen atoms in total. The fourth-order valence-electron chi connectivity index (χ4n) is 3.12. The SMILES string of the molecule is Cc1ccc(S(=O)(=O)N2CCC(Oc3ccc(F)cc3)CC2)c(C)c1. The van der Waals surface area contributed by atoms with Gasteiger partial charge in [-0.05, 0) is 62.6 Å². The van der Waals surface area contributed by atoms with Gasteiger partial charge in [0.2, 0.25) is 10.0 Å². The Balaban J connectivity index is 1.66. The van der Waals surface area contributed by atoms with Crippen molar-refractivity contribution < 1.29 is 17.5 Å². The number of sulfonamides is 1. The van der Waals surface area contributed by atoms with Crippen LogP contribution in [-0.2, 0) is 10.0 Å². The maximum absolute atomic E-state index is 12.9. The van der Waals surface area contributed by atoms with Crippen LogP contribution in [0.1, 0.15) is 24.0 Å². The third-order valence-corrected chi connectivity index (χ3v) is 6.52. The van der Waals surface area contributed by atoms with Crippen LogP contribution < -0.4 is 4.74 Å². The van der Waals surface area contributed by atoms with Gasteiger partial charge in [-0.3, -0.25) is 0 Å². The van der Waals surface area contributed by atoms with Crippen molar-refractivity contribution in [1.29, 1.82) is 0 Å². The molecule has 1 aliphatic rings. The average molecular weight is 363 g/mol. The molecule has 0 spiro atoms. The van der Waals surface area contributed by atoms with Crippen molar-refractivity contribution >= 4 is 10.0 Å². The van der Waals surface area contributed by atoms with E-state index in [1.54, 1.807) is 18.2 Å². The van der Waals surface area contributed by atoms with Gasteiger partial charge in [0.1, 0.15) is 17.7 Å². The molecule has 1 fully saturated rings. The average Bonchev–Trinajstić information content (AvgIpc) is 2.57. The first-order chi connectivity index (χ1) is 11.9. The van der Waals surface area contributed by atoms with Gasteiger partial charge in [0, 0.05) is 13.1 Å². The van der Waals surface area contributed by atoms with E-state index in [9.17, 15) is 12.8 Å². The lowest BCUT2D eigenvalue weighted by Crippen LogP contribution is -2.41. The number of rotatable bonds is 4. The van der Waals surface area contributed by atoms with Crippen LogP contribution in [0.25, 0.3) is 0 Å². The molecule has 6 heteroatoms. The normalized spacial score (nSPS) is 16.8. The van der Waals surface area contributed by atoms with Crippen molar-refractivity contribution in [3.8, 4) is 5.75 Å². The van der Waals surface area contributed by atoms with Gasteiger partial charge in [-0.1, -0.05) is 17.7 Å². The molecule has 0 atom stereocenters. The topological polar surface area (TPSA) is 46.6 Å². The van der Waals surface area contributed by atoms with Gasteiger partial charge in [-0.25, -0.2) is 12.8 Å². The highest BCUT2D eigenvalue weighted by Crippen LogP contribution is 2.26. The first-order valence-corrected chi connectivity index (χ1v) is 9.80. The standard InChI is InChI=1S/C19H22FNO3S/c1-14-3-8-19(15(2)13-14)25(22,23)21-11-9-18(10-12-21)24-17-6-4-16(20)5-7-17/h3-8,13,18H,9-12H2,1-2H3. The lowest BCUT2D eigenvalue weighted by Gasteiger charge is -2.31. The van der Waals surface area contributed by atoms with Gasteiger partial charge in [0.15, 0.2) is 0 Å². The van der Waals surface area contributed by atoms with Gasteiger partial charge in [0.25, 0.3) is 0 Å². The Morgan fingerprint density at radius 3 is 2.28 bits per heavy atom. The second-order valence-corrected chi connectivity index (χ2v) is 8.35. The van der Waals surface area contributed by atoms with Gasteiger partial charge < -0.3 is 4.74 Å². The highest BCUT2D eigenvalue weighted by molar-refractivity contribution is 7.89. The number of ether oxygens (including phenoxy) is 1. The summed E-state index contributed by atoms with van der Waals surface area (Å²) in [6, 6.07) is 11.3. The molecule has 3 rings (SSSR count). The van der Waals surface area contributed by atoms with Crippen LogP contribution >= 0.6 is 0 Å². The van der Waals surface area contributed by atoms with E-state index < -0.39 is 10.0 Å². The Morgan fingerprint density at radius 1 is 1.04 bits per heavy atom. The zero-order valence-corrected chi connectivity index (χ0v) is 15.2. The summed E-state index contributed by atoms with van der Waals surface area (Å²) in [5.41, 5.74) is 1.81. The summed E-state index contributed by atoms with van der Waals surface area (Å²) in [5.74, 6) is 0.304. The molecule has 134 valence electrons. The smallest absolute Gasteiger partial charge is 0.243 e. The van der Waals surface area contributed by atoms with E-state index in [0.717, 1.165) is 11.1 Å². The molecule has 0 aromatic heterocycles. The fourth-order valence-corrected chi connectivity index (χ4v) is 4.80. The summed E-state index contributed by atoms with van der Waals surface area (Å²) in [4.78, 5) is 0.371. The second-order valence-electron chi connectivity index (χ2n) is 6.44. The van der Waals surface area contributed by atoms with Gasteiger partial charge in [0.05, 0.1) is 4.90 Å². The van der Waals surface area contributed by atoms with Crippen molar-refractivity contribution in [3.05, 3.63) is 59.4 Å². The summed E-state index contributed by atoms with van der Waals surface area (Å²) < 4.78 is 46.0. The van der Waals surface area contributed by atoms with Crippen LogP contribution in [0.15, 0.2) is 47.4 Å². The van der Waals surface area contributed by atoms with E-state index in [4.69, 9.17) is 4.74 Å². The van der Waals surface area contributed by atoms with Crippen molar-refractivity contribution in [2.45, 2.75) is 37.7 Å². The monoisotopic (exact) mass is 363 g/mol. The van der Waals surface area contributed by atoms with Crippen molar-refractivity contribution in [2.75, 3.05) is 13.1 Å². The molecular weight excluding hydrogens is 341 g/mol. The van der Waals surface area contributed by atoms with E-state index in [1.165, 1.54) is 16.4 Å². The Morgan fingerprint density at radius 2 is 1.68 bits per heavy atom. The quantitative estimate of drug-likeness (QED) is 0.833. The van der Waals surface area contributed by atoms with Crippen LogP contribution in [0.4, 0.5) is 4.39 Å². The molecule has 25 heavy (non-hydrogen) atoms. The molecule has 0 saturated carbocycles. The molecule has 2 aromatic rings. The minimum Gasteiger partial charge on any atom is -0.490 e. The van der Waals surface area contributed by atoms with E-state index >= 15 is 0 Å². The molecule has 1 aliphatic heterocycles. The van der Waals surface area contributed by atoms with Gasteiger partial charge in [-0.2, -0.15) is 4.31 Å². The lowest BCUT2D eigenvalue weighted by atomic mass is 10.1. The first kappa shape index (κ1) is 17.9. The largest absolute Gasteiger partial charge is 0.490 e. The molecule has 1 saturated heterocycles. The first-order valence-electron chi connectivity index (χ1n) is 8.36. The van der Waals surface area contributed by atoms with Crippen LogP contribution in [-0.4, -0.2) is 31.9 Å². The van der Waals surface area contributed by atoms with Crippen molar-refractivity contribution in [2.24, 2.45) is 0 Å². The molecule has 0 unspecified atom stereocenters. The fraction of sp³-hybridized carbons (Fsp3) is 0.368. The molecule has 1 heterocycles. The van der Waals surface area contributed by atoms with E-state index in [0.29, 0.717) is 36.6 Å². The lowest BCUT2D eigenvalue weighted by molar-refractivity contribution is 0.135. The van der Waals surface area contributed by atoms with Crippen LogP contribution in [0, 0.1) is 19.7 Å². The van der Waals surface area contributed by atoms with Crippen LogP contribution in [0.3, 0.4) is 0 Å². The van der Waals surface area contributed by atoms with Crippen LogP contribution in [0.5, 0.6) is 5.75 Å². The van der Waals surface area contributed by atoms with E-state index in [2.05, 4.69) is 0 Å². The summed E-state index contributed by atoms with van der Waals surface area (Å²) in [6.45, 7) is 4.61. The highest BCUT2D eigenvalue weighted by atomic mass is 32.2. The predicted molar refractivity (Wildman–Crippen MR) is 94.7 cm³/mol. The van der Waals surface area contributed by atoms with Gasteiger partial charge >= 0.3 is 0 Å².